The number of ether oxygens (including phenoxy) is 1. The lowest BCUT2D eigenvalue weighted by atomic mass is 10.1. The number of hydrogen-bond acceptors (Lipinski definition) is 5. The number of amides is 1. The third-order valence-corrected chi connectivity index (χ3v) is 4.52. The molecule has 4 rings (SSSR count). The molecule has 0 saturated carbocycles. The van der Waals surface area contributed by atoms with E-state index in [1.165, 1.54) is 13.0 Å². The van der Waals surface area contributed by atoms with E-state index in [0.29, 0.717) is 17.4 Å². The number of aromatic hydroxyl groups is 1. The summed E-state index contributed by atoms with van der Waals surface area (Å²) in [5.74, 6) is 1.68. The Morgan fingerprint density at radius 3 is 2.72 bits per heavy atom. The standard InChI is InChI=1S/C23H20N2O4/c1-14(25-15(2)26)16-6-7-17-11-22(29-21(17)10-16)18-8-9-23(24-13-18)28-20-5-3-4-19(27)12-20/h3-14,27H,1-2H3,(H,25,26)/t14-/m1/s1. The Labute approximate surface area is 167 Å². The molecule has 0 saturated heterocycles. The summed E-state index contributed by atoms with van der Waals surface area (Å²) in [5, 5.41) is 13.4. The lowest BCUT2D eigenvalue weighted by Crippen LogP contribution is -2.23. The highest BCUT2D eigenvalue weighted by Gasteiger charge is 2.11. The topological polar surface area (TPSA) is 84.6 Å². The van der Waals surface area contributed by atoms with Gasteiger partial charge in [-0.1, -0.05) is 18.2 Å². The predicted octanol–water partition coefficient (Wildman–Crippen LogP) is 5.19. The van der Waals surface area contributed by atoms with E-state index >= 15 is 0 Å². The number of rotatable bonds is 5. The van der Waals surface area contributed by atoms with Crippen LogP contribution in [0.15, 0.2) is 71.3 Å². The van der Waals surface area contributed by atoms with E-state index in [2.05, 4.69) is 10.3 Å². The second-order valence-corrected chi connectivity index (χ2v) is 6.81. The number of furan rings is 1. The minimum absolute atomic E-state index is 0.0724. The van der Waals surface area contributed by atoms with Crippen LogP contribution in [0.3, 0.4) is 0 Å². The van der Waals surface area contributed by atoms with Gasteiger partial charge in [-0.15, -0.1) is 0 Å². The highest BCUT2D eigenvalue weighted by molar-refractivity contribution is 5.83. The number of hydrogen-bond donors (Lipinski definition) is 2. The molecule has 0 aliphatic rings. The van der Waals surface area contributed by atoms with Crippen LogP contribution in [0.1, 0.15) is 25.5 Å². The quantitative estimate of drug-likeness (QED) is 0.491. The number of phenolic OH excluding ortho intramolecular Hbond substituents is 1. The molecule has 0 spiro atoms. The summed E-state index contributed by atoms with van der Waals surface area (Å²) in [4.78, 5) is 15.6. The molecular weight excluding hydrogens is 368 g/mol. The largest absolute Gasteiger partial charge is 0.508 e. The molecule has 0 aliphatic heterocycles. The average molecular weight is 388 g/mol. The van der Waals surface area contributed by atoms with Crippen molar-refractivity contribution in [3.05, 3.63) is 72.4 Å². The van der Waals surface area contributed by atoms with E-state index < -0.39 is 0 Å². The third kappa shape index (κ3) is 4.21. The zero-order valence-corrected chi connectivity index (χ0v) is 16.0. The third-order valence-electron chi connectivity index (χ3n) is 4.52. The maximum atomic E-state index is 11.3. The van der Waals surface area contributed by atoms with Crippen LogP contribution >= 0.6 is 0 Å². The number of carbonyl (C=O) groups is 1. The van der Waals surface area contributed by atoms with Crippen molar-refractivity contribution in [2.45, 2.75) is 19.9 Å². The first-order valence-corrected chi connectivity index (χ1v) is 9.22. The number of carbonyl (C=O) groups excluding carboxylic acids is 1. The van der Waals surface area contributed by atoms with Crippen LogP contribution in [-0.4, -0.2) is 16.0 Å². The minimum atomic E-state index is -0.0963. The molecule has 6 heteroatoms. The summed E-state index contributed by atoms with van der Waals surface area (Å²) in [6.07, 6.45) is 1.68. The average Bonchev–Trinajstić information content (AvgIpc) is 3.11. The summed E-state index contributed by atoms with van der Waals surface area (Å²) >= 11 is 0. The summed E-state index contributed by atoms with van der Waals surface area (Å²) in [7, 11) is 0. The Kier molecular flexibility index (Phi) is 4.91. The maximum Gasteiger partial charge on any atom is 0.219 e. The van der Waals surface area contributed by atoms with E-state index in [-0.39, 0.29) is 17.7 Å². The van der Waals surface area contributed by atoms with Crippen molar-refractivity contribution >= 4 is 16.9 Å². The smallest absolute Gasteiger partial charge is 0.219 e. The zero-order valence-electron chi connectivity index (χ0n) is 16.0. The summed E-state index contributed by atoms with van der Waals surface area (Å²) < 4.78 is 11.6. The fourth-order valence-electron chi connectivity index (χ4n) is 3.10. The van der Waals surface area contributed by atoms with Crippen LogP contribution in [0.25, 0.3) is 22.3 Å². The van der Waals surface area contributed by atoms with E-state index in [9.17, 15) is 9.90 Å². The SMILES string of the molecule is CC(=O)N[C@H](C)c1ccc2cc(-c3ccc(Oc4cccc(O)c4)nc3)oc2c1. The fourth-order valence-corrected chi connectivity index (χ4v) is 3.10. The molecular formula is C23H20N2O4. The minimum Gasteiger partial charge on any atom is -0.508 e. The Bertz CT molecular complexity index is 1170. The first-order valence-electron chi connectivity index (χ1n) is 9.22. The molecule has 0 unspecified atom stereocenters. The molecule has 2 N–H and O–H groups in total. The van der Waals surface area contributed by atoms with Crippen LogP contribution in [0.4, 0.5) is 0 Å². The van der Waals surface area contributed by atoms with Gasteiger partial charge in [0.05, 0.1) is 6.04 Å². The number of benzene rings is 2. The lowest BCUT2D eigenvalue weighted by molar-refractivity contribution is -0.119. The molecule has 6 nitrogen and oxygen atoms in total. The molecule has 0 radical (unpaired) electrons. The van der Waals surface area contributed by atoms with Gasteiger partial charge < -0.3 is 19.6 Å². The molecule has 1 atom stereocenters. The van der Waals surface area contributed by atoms with Gasteiger partial charge in [-0.05, 0) is 42.8 Å². The van der Waals surface area contributed by atoms with Crippen molar-refractivity contribution in [3.63, 3.8) is 0 Å². The molecule has 0 aliphatic carbocycles. The normalized spacial score (nSPS) is 11.9. The van der Waals surface area contributed by atoms with Crippen molar-refractivity contribution in [1.29, 1.82) is 0 Å². The van der Waals surface area contributed by atoms with Crippen molar-refractivity contribution in [1.82, 2.24) is 10.3 Å². The molecule has 0 fully saturated rings. The lowest BCUT2D eigenvalue weighted by Gasteiger charge is -2.12. The fraction of sp³-hybridized carbons (Fsp3) is 0.130. The van der Waals surface area contributed by atoms with Crippen LogP contribution in [0, 0.1) is 0 Å². The maximum absolute atomic E-state index is 11.3. The molecule has 29 heavy (non-hydrogen) atoms. The van der Waals surface area contributed by atoms with E-state index in [4.69, 9.17) is 9.15 Å². The van der Waals surface area contributed by atoms with Crippen LogP contribution in [-0.2, 0) is 4.79 Å². The van der Waals surface area contributed by atoms with Crippen molar-refractivity contribution < 1.29 is 19.1 Å². The van der Waals surface area contributed by atoms with E-state index in [1.807, 2.05) is 37.3 Å². The van der Waals surface area contributed by atoms with Gasteiger partial charge in [0.25, 0.3) is 0 Å². The zero-order chi connectivity index (χ0) is 20.4. The molecule has 2 aromatic carbocycles. The Morgan fingerprint density at radius 1 is 1.14 bits per heavy atom. The van der Waals surface area contributed by atoms with E-state index in [0.717, 1.165) is 22.1 Å². The Balaban J connectivity index is 1.55. The monoisotopic (exact) mass is 388 g/mol. The molecule has 2 aromatic heterocycles. The van der Waals surface area contributed by atoms with Crippen LogP contribution in [0.2, 0.25) is 0 Å². The van der Waals surface area contributed by atoms with Crippen LogP contribution < -0.4 is 10.1 Å². The molecule has 0 bridgehead atoms. The molecule has 2 heterocycles. The molecule has 1 amide bonds. The van der Waals surface area contributed by atoms with Gasteiger partial charge in [0.2, 0.25) is 11.8 Å². The first-order chi connectivity index (χ1) is 14.0. The van der Waals surface area contributed by atoms with Crippen molar-refractivity contribution in [2.75, 3.05) is 0 Å². The number of aromatic nitrogens is 1. The van der Waals surface area contributed by atoms with Crippen LogP contribution in [0.5, 0.6) is 17.4 Å². The number of pyridine rings is 1. The number of phenols is 1. The Morgan fingerprint density at radius 2 is 2.00 bits per heavy atom. The molecule has 146 valence electrons. The molecule has 4 aromatic rings. The second-order valence-electron chi connectivity index (χ2n) is 6.81. The summed E-state index contributed by atoms with van der Waals surface area (Å²) in [6, 6.07) is 17.9. The van der Waals surface area contributed by atoms with Crippen molar-refractivity contribution in [3.8, 4) is 28.7 Å². The van der Waals surface area contributed by atoms with Gasteiger partial charge in [0.1, 0.15) is 22.8 Å². The summed E-state index contributed by atoms with van der Waals surface area (Å²) in [5.41, 5.74) is 2.54. The number of nitrogens with one attached hydrogen (secondary N) is 1. The predicted molar refractivity (Wildman–Crippen MR) is 110 cm³/mol. The van der Waals surface area contributed by atoms with Gasteiger partial charge in [-0.25, -0.2) is 4.98 Å². The number of nitrogens with zero attached hydrogens (tertiary/aromatic N) is 1. The summed E-state index contributed by atoms with van der Waals surface area (Å²) in [6.45, 7) is 3.43. The Hall–Kier alpha value is -3.80. The van der Waals surface area contributed by atoms with Crippen molar-refractivity contribution in [2.24, 2.45) is 0 Å². The highest BCUT2D eigenvalue weighted by atomic mass is 16.5. The van der Waals surface area contributed by atoms with Gasteiger partial charge in [0, 0.05) is 36.2 Å². The highest BCUT2D eigenvalue weighted by Crippen LogP contribution is 2.31. The number of fused-ring (bicyclic) bond motifs is 1. The van der Waals surface area contributed by atoms with Gasteiger partial charge in [-0.2, -0.15) is 0 Å². The van der Waals surface area contributed by atoms with E-state index in [1.54, 1.807) is 30.5 Å². The second kappa shape index (κ2) is 7.67. The first kappa shape index (κ1) is 18.6. The van der Waals surface area contributed by atoms with Gasteiger partial charge in [0.15, 0.2) is 0 Å². The van der Waals surface area contributed by atoms with Gasteiger partial charge >= 0.3 is 0 Å². The van der Waals surface area contributed by atoms with Gasteiger partial charge in [-0.3, -0.25) is 4.79 Å².